The van der Waals surface area contributed by atoms with Crippen molar-refractivity contribution in [2.75, 3.05) is 10.6 Å². The van der Waals surface area contributed by atoms with Crippen LogP contribution >= 0.6 is 39.9 Å². The average molecular weight is 403 g/mol. The molecule has 0 aliphatic carbocycles. The zero-order chi connectivity index (χ0) is 16.1. The number of thioether (sulfide) groups is 1. The highest BCUT2D eigenvalue weighted by Crippen LogP contribution is 2.26. The molecule has 2 aromatic rings. The molecule has 0 spiro atoms. The second-order valence-corrected chi connectivity index (χ2v) is 6.77. The van der Waals surface area contributed by atoms with Crippen LogP contribution in [0.3, 0.4) is 0 Å². The van der Waals surface area contributed by atoms with Crippen LogP contribution in [0.2, 0.25) is 0 Å². The lowest BCUT2D eigenvalue weighted by Crippen LogP contribution is -2.19. The van der Waals surface area contributed by atoms with Gasteiger partial charge in [0.15, 0.2) is 5.11 Å². The van der Waals surface area contributed by atoms with Crippen molar-refractivity contribution in [1.82, 2.24) is 0 Å². The lowest BCUT2D eigenvalue weighted by molar-refractivity contribution is 0.252. The van der Waals surface area contributed by atoms with Gasteiger partial charge in [0, 0.05) is 20.7 Å². The fraction of sp³-hybridized carbons (Fsp3) is 0.133. The number of alkyl halides is 2. The third-order valence-corrected chi connectivity index (χ3v) is 4.57. The number of benzene rings is 2. The first kappa shape index (κ1) is 17.2. The van der Waals surface area contributed by atoms with Gasteiger partial charge < -0.3 is 10.6 Å². The van der Waals surface area contributed by atoms with Crippen LogP contribution in [0, 0.1) is 6.92 Å². The Morgan fingerprint density at radius 2 is 1.68 bits per heavy atom. The minimum atomic E-state index is -2.41. The third-order valence-electron chi connectivity index (χ3n) is 2.75. The van der Waals surface area contributed by atoms with E-state index in [1.807, 2.05) is 25.1 Å². The van der Waals surface area contributed by atoms with Gasteiger partial charge in [0.2, 0.25) is 0 Å². The van der Waals surface area contributed by atoms with E-state index >= 15 is 0 Å². The first-order valence-corrected chi connectivity index (χ1v) is 8.41. The van der Waals surface area contributed by atoms with E-state index in [0.29, 0.717) is 21.8 Å². The summed E-state index contributed by atoms with van der Waals surface area (Å²) in [6.07, 6.45) is 0. The summed E-state index contributed by atoms with van der Waals surface area (Å²) in [6, 6.07) is 12.5. The summed E-state index contributed by atoms with van der Waals surface area (Å²) in [4.78, 5) is 0.517. The molecule has 2 aromatic carbocycles. The normalized spacial score (nSPS) is 10.6. The zero-order valence-electron chi connectivity index (χ0n) is 11.6. The van der Waals surface area contributed by atoms with Gasteiger partial charge in [0.05, 0.1) is 0 Å². The predicted molar refractivity (Wildman–Crippen MR) is 97.0 cm³/mol. The number of aryl methyl sites for hydroxylation is 1. The number of anilines is 2. The molecule has 2 N–H and O–H groups in total. The SMILES string of the molecule is Cc1cc(NC(=S)Nc2ccc(SC(F)F)cc2)ccc1Br. The second-order valence-electron chi connectivity index (χ2n) is 4.45. The van der Waals surface area contributed by atoms with Gasteiger partial charge in [-0.3, -0.25) is 0 Å². The van der Waals surface area contributed by atoms with Crippen LogP contribution in [0.25, 0.3) is 0 Å². The van der Waals surface area contributed by atoms with Crippen molar-refractivity contribution >= 4 is 56.4 Å². The molecule has 0 atom stereocenters. The van der Waals surface area contributed by atoms with Crippen LogP contribution in [-0.4, -0.2) is 10.9 Å². The standard InChI is InChI=1S/C15H13BrF2N2S2/c1-9-8-11(4-7-13(9)16)20-15(21)19-10-2-5-12(6-3-10)22-14(17)18/h2-8,14H,1H3,(H2,19,20,21). The first-order valence-electron chi connectivity index (χ1n) is 6.33. The molecule has 0 amide bonds. The van der Waals surface area contributed by atoms with Crippen LogP contribution in [0.5, 0.6) is 0 Å². The summed E-state index contributed by atoms with van der Waals surface area (Å²) in [5.41, 5.74) is 2.72. The molecular formula is C15H13BrF2N2S2. The van der Waals surface area contributed by atoms with Gasteiger partial charge in [-0.1, -0.05) is 27.7 Å². The summed E-state index contributed by atoms with van der Waals surface area (Å²) in [7, 11) is 0. The van der Waals surface area contributed by atoms with Gasteiger partial charge in [0.25, 0.3) is 5.76 Å². The molecule has 116 valence electrons. The Balaban J connectivity index is 1.95. The predicted octanol–water partition coefficient (Wildman–Crippen LogP) is 5.88. The number of thiocarbonyl (C=S) groups is 1. The van der Waals surface area contributed by atoms with Gasteiger partial charge in [-0.05, 0) is 67.2 Å². The summed E-state index contributed by atoms with van der Waals surface area (Å²) in [5.74, 6) is -2.41. The topological polar surface area (TPSA) is 24.1 Å². The van der Waals surface area contributed by atoms with E-state index < -0.39 is 5.76 Å². The van der Waals surface area contributed by atoms with Gasteiger partial charge >= 0.3 is 0 Å². The number of hydrogen-bond acceptors (Lipinski definition) is 2. The van der Waals surface area contributed by atoms with Crippen molar-refractivity contribution in [3.63, 3.8) is 0 Å². The molecule has 0 fully saturated rings. The van der Waals surface area contributed by atoms with E-state index in [2.05, 4.69) is 26.6 Å². The Morgan fingerprint density at radius 3 is 2.27 bits per heavy atom. The molecule has 0 radical (unpaired) electrons. The summed E-state index contributed by atoms with van der Waals surface area (Å²) < 4.78 is 25.5. The number of hydrogen-bond donors (Lipinski definition) is 2. The summed E-state index contributed by atoms with van der Waals surface area (Å²) >= 11 is 9.20. The number of rotatable bonds is 4. The van der Waals surface area contributed by atoms with Gasteiger partial charge in [-0.2, -0.15) is 8.78 Å². The molecule has 7 heteroatoms. The molecule has 0 aliphatic rings. The lowest BCUT2D eigenvalue weighted by Gasteiger charge is -2.12. The summed E-state index contributed by atoms with van der Waals surface area (Å²) in [5, 5.41) is 6.54. The number of halogens is 3. The molecule has 0 saturated heterocycles. The molecule has 0 saturated carbocycles. The molecule has 0 heterocycles. The maximum Gasteiger partial charge on any atom is 0.288 e. The fourth-order valence-corrected chi connectivity index (χ4v) is 2.72. The zero-order valence-corrected chi connectivity index (χ0v) is 14.8. The van der Waals surface area contributed by atoms with Gasteiger partial charge in [-0.15, -0.1) is 0 Å². The maximum absolute atomic E-state index is 12.2. The summed E-state index contributed by atoms with van der Waals surface area (Å²) in [6.45, 7) is 1.99. The Hall–Kier alpha value is -1.18. The van der Waals surface area contributed by atoms with Crippen LogP contribution < -0.4 is 10.6 Å². The van der Waals surface area contributed by atoms with Crippen molar-refractivity contribution in [2.45, 2.75) is 17.6 Å². The first-order chi connectivity index (χ1) is 10.4. The van der Waals surface area contributed by atoms with Crippen molar-refractivity contribution in [3.8, 4) is 0 Å². The largest absolute Gasteiger partial charge is 0.332 e. The monoisotopic (exact) mass is 402 g/mol. The average Bonchev–Trinajstić information content (AvgIpc) is 2.44. The Kier molecular flexibility index (Phi) is 6.16. The van der Waals surface area contributed by atoms with Crippen LogP contribution in [0.4, 0.5) is 20.2 Å². The molecule has 0 aromatic heterocycles. The van der Waals surface area contributed by atoms with Gasteiger partial charge in [0.1, 0.15) is 0 Å². The Labute approximate surface area is 145 Å². The molecule has 0 unspecified atom stereocenters. The highest BCUT2D eigenvalue weighted by Gasteiger charge is 2.05. The highest BCUT2D eigenvalue weighted by molar-refractivity contribution is 9.10. The molecule has 2 nitrogen and oxygen atoms in total. The maximum atomic E-state index is 12.2. The second kappa shape index (κ2) is 7.89. The van der Waals surface area contributed by atoms with E-state index in [0.717, 1.165) is 21.4 Å². The Morgan fingerprint density at radius 1 is 1.09 bits per heavy atom. The van der Waals surface area contributed by atoms with Crippen molar-refractivity contribution in [2.24, 2.45) is 0 Å². The van der Waals surface area contributed by atoms with E-state index in [1.54, 1.807) is 24.3 Å². The van der Waals surface area contributed by atoms with Crippen molar-refractivity contribution in [3.05, 3.63) is 52.5 Å². The minimum Gasteiger partial charge on any atom is -0.332 e. The van der Waals surface area contributed by atoms with E-state index in [4.69, 9.17) is 12.2 Å². The quantitative estimate of drug-likeness (QED) is 0.492. The van der Waals surface area contributed by atoms with Crippen LogP contribution in [0.15, 0.2) is 51.8 Å². The molecule has 0 bridgehead atoms. The molecule has 22 heavy (non-hydrogen) atoms. The minimum absolute atomic E-state index is 0.441. The number of nitrogens with one attached hydrogen (secondary N) is 2. The highest BCUT2D eigenvalue weighted by atomic mass is 79.9. The van der Waals surface area contributed by atoms with E-state index in [9.17, 15) is 8.78 Å². The smallest absolute Gasteiger partial charge is 0.288 e. The van der Waals surface area contributed by atoms with Crippen LogP contribution in [0.1, 0.15) is 5.56 Å². The van der Waals surface area contributed by atoms with E-state index in [1.165, 1.54) is 0 Å². The Bertz CT molecular complexity index is 663. The van der Waals surface area contributed by atoms with E-state index in [-0.39, 0.29) is 0 Å². The lowest BCUT2D eigenvalue weighted by atomic mass is 10.2. The third kappa shape index (κ3) is 5.23. The van der Waals surface area contributed by atoms with Gasteiger partial charge in [-0.25, -0.2) is 0 Å². The van der Waals surface area contributed by atoms with Crippen LogP contribution in [-0.2, 0) is 0 Å². The van der Waals surface area contributed by atoms with Crippen molar-refractivity contribution < 1.29 is 8.78 Å². The fourth-order valence-electron chi connectivity index (χ4n) is 1.74. The molecular weight excluding hydrogens is 390 g/mol. The molecule has 0 aliphatic heterocycles. The van der Waals surface area contributed by atoms with Crippen molar-refractivity contribution in [1.29, 1.82) is 0 Å². The molecule has 2 rings (SSSR count).